The van der Waals surface area contributed by atoms with Crippen molar-refractivity contribution in [2.24, 2.45) is 0 Å². The fourth-order valence-electron chi connectivity index (χ4n) is 0.270. The van der Waals surface area contributed by atoms with Gasteiger partial charge in [0.05, 0.1) is 33.2 Å². The second-order valence-electron chi connectivity index (χ2n) is 2.82. The summed E-state index contributed by atoms with van der Waals surface area (Å²) in [5.41, 5.74) is 0.433. The highest BCUT2D eigenvalue weighted by Crippen LogP contribution is 2.04. The molecule has 15 heavy (non-hydrogen) atoms. The summed E-state index contributed by atoms with van der Waals surface area (Å²) in [6.45, 7) is 11.3. The Kier molecular flexibility index (Phi) is 11.6. The molecule has 4 heteroatoms. The molecule has 0 radical (unpaired) electrons. The molecule has 1 aliphatic heterocycles. The second-order valence-corrected chi connectivity index (χ2v) is 2.82. The molecule has 1 unspecified atom stereocenters. The van der Waals surface area contributed by atoms with Gasteiger partial charge in [0, 0.05) is 5.57 Å². The molecule has 0 saturated carbocycles. The van der Waals surface area contributed by atoms with Crippen LogP contribution in [-0.4, -0.2) is 32.9 Å². The summed E-state index contributed by atoms with van der Waals surface area (Å²) in [4.78, 5) is 10.2. The molecule has 0 amide bonds. The summed E-state index contributed by atoms with van der Waals surface area (Å²) in [6, 6.07) is 0. The van der Waals surface area contributed by atoms with Crippen LogP contribution in [0.2, 0.25) is 0 Å². The monoisotopic (exact) mass is 216 g/mol. The Morgan fingerprint density at radius 2 is 1.87 bits per heavy atom. The molecule has 0 spiro atoms. The van der Waals surface area contributed by atoms with E-state index in [1.165, 1.54) is 13.4 Å². The molecule has 1 heterocycles. The summed E-state index contributed by atoms with van der Waals surface area (Å²) >= 11 is 0. The third-order valence-electron chi connectivity index (χ3n) is 1.20. The first-order chi connectivity index (χ1) is 6.99. The third-order valence-corrected chi connectivity index (χ3v) is 1.20. The van der Waals surface area contributed by atoms with E-state index >= 15 is 0 Å². The minimum absolute atomic E-state index is 0.347. The van der Waals surface area contributed by atoms with Crippen molar-refractivity contribution in [3.8, 4) is 0 Å². The molecule has 88 valence electrons. The minimum atomic E-state index is -0.347. The average Bonchev–Trinajstić information content (AvgIpc) is 3.00. The van der Waals surface area contributed by atoms with E-state index in [2.05, 4.69) is 29.6 Å². The van der Waals surface area contributed by atoms with Gasteiger partial charge in [-0.1, -0.05) is 13.2 Å². The van der Waals surface area contributed by atoms with E-state index in [1.807, 2.05) is 0 Å². The quantitative estimate of drug-likeness (QED) is 0.306. The summed E-state index contributed by atoms with van der Waals surface area (Å²) in [6.07, 6.45) is 1.96. The fraction of sp³-hybridized carbons (Fsp3) is 0.545. The van der Waals surface area contributed by atoms with Crippen LogP contribution in [-0.2, 0) is 19.0 Å². The van der Waals surface area contributed by atoms with Crippen molar-refractivity contribution in [3.05, 3.63) is 25.0 Å². The number of esters is 1. The van der Waals surface area contributed by atoms with Crippen LogP contribution in [0.1, 0.15) is 13.8 Å². The Morgan fingerprint density at radius 3 is 1.87 bits per heavy atom. The summed E-state index contributed by atoms with van der Waals surface area (Å²) in [5, 5.41) is 0. The maximum Gasteiger partial charge on any atom is 0.332 e. The Bertz CT molecular complexity index is 195. The predicted molar refractivity (Wildman–Crippen MR) is 59.5 cm³/mol. The van der Waals surface area contributed by atoms with E-state index < -0.39 is 0 Å². The average molecular weight is 216 g/mol. The molecular formula is C11H20O4. The second kappa shape index (κ2) is 10.8. The summed E-state index contributed by atoms with van der Waals surface area (Å²) in [5.74, 6) is -0.347. The molecule has 0 aromatic heterocycles. The van der Waals surface area contributed by atoms with Crippen LogP contribution in [0.25, 0.3) is 0 Å². The highest BCUT2D eigenvalue weighted by Gasteiger charge is 2.13. The van der Waals surface area contributed by atoms with Gasteiger partial charge in [0.2, 0.25) is 0 Å². The summed E-state index contributed by atoms with van der Waals surface area (Å²) < 4.78 is 13.3. The topological polar surface area (TPSA) is 48.1 Å². The highest BCUT2D eigenvalue weighted by atomic mass is 16.6. The lowest BCUT2D eigenvalue weighted by atomic mass is 10.4. The molecule has 0 aromatic rings. The molecule has 4 nitrogen and oxygen atoms in total. The van der Waals surface area contributed by atoms with Crippen molar-refractivity contribution >= 4 is 5.97 Å². The molecule has 1 rings (SSSR count). The Morgan fingerprint density at radius 1 is 1.53 bits per heavy atom. The molecule has 1 saturated heterocycles. The van der Waals surface area contributed by atoms with Crippen LogP contribution < -0.4 is 0 Å². The van der Waals surface area contributed by atoms with Gasteiger partial charge in [-0.2, -0.15) is 0 Å². The smallest absolute Gasteiger partial charge is 0.332 e. The molecule has 0 bridgehead atoms. The molecule has 1 atom stereocenters. The zero-order valence-corrected chi connectivity index (χ0v) is 9.91. The van der Waals surface area contributed by atoms with E-state index in [9.17, 15) is 4.79 Å². The summed E-state index contributed by atoms with van der Waals surface area (Å²) in [7, 11) is 2.89. The van der Waals surface area contributed by atoms with Gasteiger partial charge in [0.1, 0.15) is 0 Å². The van der Waals surface area contributed by atoms with Gasteiger partial charge < -0.3 is 14.2 Å². The van der Waals surface area contributed by atoms with E-state index in [1.54, 1.807) is 14.0 Å². The van der Waals surface area contributed by atoms with Crippen LogP contribution in [0, 0.1) is 0 Å². The van der Waals surface area contributed by atoms with E-state index in [-0.39, 0.29) is 5.97 Å². The SMILES string of the molecule is C=C(C)C(=O)OC.C=COC.CC1CO1. The number of rotatable bonds is 2. The molecule has 0 aliphatic carbocycles. The molecular weight excluding hydrogens is 196 g/mol. The Labute approximate surface area is 91.5 Å². The van der Waals surface area contributed by atoms with E-state index in [0.29, 0.717) is 11.7 Å². The largest absolute Gasteiger partial charge is 0.505 e. The van der Waals surface area contributed by atoms with Gasteiger partial charge in [0.15, 0.2) is 0 Å². The van der Waals surface area contributed by atoms with Gasteiger partial charge >= 0.3 is 5.97 Å². The zero-order chi connectivity index (χ0) is 12.3. The Balaban J connectivity index is 0. The number of hydrogen-bond acceptors (Lipinski definition) is 4. The molecule has 0 N–H and O–H groups in total. The van der Waals surface area contributed by atoms with E-state index in [0.717, 1.165) is 6.61 Å². The van der Waals surface area contributed by atoms with Crippen LogP contribution >= 0.6 is 0 Å². The number of methoxy groups -OCH3 is 2. The number of carbonyl (C=O) groups excluding carboxylic acids is 1. The molecule has 0 aromatic carbocycles. The van der Waals surface area contributed by atoms with Crippen molar-refractivity contribution in [2.75, 3.05) is 20.8 Å². The predicted octanol–water partition coefficient (Wildman–Crippen LogP) is 1.92. The number of hydrogen-bond donors (Lipinski definition) is 0. The van der Waals surface area contributed by atoms with Crippen molar-refractivity contribution in [2.45, 2.75) is 20.0 Å². The van der Waals surface area contributed by atoms with Crippen LogP contribution in [0.15, 0.2) is 25.0 Å². The first-order valence-corrected chi connectivity index (χ1v) is 4.48. The van der Waals surface area contributed by atoms with Crippen molar-refractivity contribution < 1.29 is 19.0 Å². The fourth-order valence-corrected chi connectivity index (χ4v) is 0.270. The first-order valence-electron chi connectivity index (χ1n) is 4.48. The zero-order valence-electron chi connectivity index (χ0n) is 9.91. The van der Waals surface area contributed by atoms with Gasteiger partial charge in [-0.15, -0.1) is 0 Å². The van der Waals surface area contributed by atoms with Crippen LogP contribution in [0.4, 0.5) is 0 Å². The third kappa shape index (κ3) is 19.2. The number of epoxide rings is 1. The molecule has 1 fully saturated rings. The highest BCUT2D eigenvalue weighted by molar-refractivity contribution is 5.86. The van der Waals surface area contributed by atoms with Crippen molar-refractivity contribution in [1.82, 2.24) is 0 Å². The maximum atomic E-state index is 10.2. The lowest BCUT2D eigenvalue weighted by Crippen LogP contribution is -1.98. The molecule has 1 aliphatic rings. The first kappa shape index (κ1) is 16.2. The standard InChI is InChI=1S/C5H8O2.2C3H6O/c1-4(2)5(6)7-3;1-3-2-4-3;1-3-4-2/h1H2,2-3H3;3H,2H2,1H3;3H,1H2,2H3. The van der Waals surface area contributed by atoms with Crippen molar-refractivity contribution in [1.29, 1.82) is 0 Å². The normalized spacial score (nSPS) is 15.6. The van der Waals surface area contributed by atoms with Gasteiger partial charge in [-0.25, -0.2) is 4.79 Å². The minimum Gasteiger partial charge on any atom is -0.505 e. The van der Waals surface area contributed by atoms with Gasteiger partial charge in [-0.05, 0) is 13.8 Å². The Hall–Kier alpha value is -1.29. The maximum absolute atomic E-state index is 10.2. The van der Waals surface area contributed by atoms with Gasteiger partial charge in [0.25, 0.3) is 0 Å². The van der Waals surface area contributed by atoms with E-state index in [4.69, 9.17) is 4.74 Å². The lowest BCUT2D eigenvalue weighted by molar-refractivity contribution is -0.136. The van der Waals surface area contributed by atoms with Gasteiger partial charge in [-0.3, -0.25) is 0 Å². The number of carbonyl (C=O) groups is 1. The van der Waals surface area contributed by atoms with Crippen molar-refractivity contribution in [3.63, 3.8) is 0 Å². The van der Waals surface area contributed by atoms with Crippen LogP contribution in [0.3, 0.4) is 0 Å². The lowest BCUT2D eigenvalue weighted by Gasteiger charge is -1.91. The van der Waals surface area contributed by atoms with Crippen LogP contribution in [0.5, 0.6) is 0 Å². The number of ether oxygens (including phenoxy) is 3.